The Morgan fingerprint density at radius 3 is 2.15 bits per heavy atom. The van der Waals surface area contributed by atoms with Crippen LogP contribution >= 0.6 is 0 Å². The number of fused-ring (bicyclic) bond motifs is 1. The Morgan fingerprint density at radius 2 is 1.46 bits per heavy atom. The fourth-order valence-electron chi connectivity index (χ4n) is 4.49. The maximum Gasteiger partial charge on any atom is 0.246 e. The van der Waals surface area contributed by atoms with Gasteiger partial charge < -0.3 is 33.2 Å². The van der Waals surface area contributed by atoms with Crippen LogP contribution < -0.4 is 33.2 Å². The van der Waals surface area contributed by atoms with Crippen LogP contribution in [0.25, 0.3) is 10.8 Å². The van der Waals surface area contributed by atoms with Crippen molar-refractivity contribution in [3.8, 4) is 0 Å². The summed E-state index contributed by atoms with van der Waals surface area (Å²) in [4.78, 5) is 43.9. The summed E-state index contributed by atoms with van der Waals surface area (Å²) in [5.74, 6) is -1.13. The molecule has 0 bridgehead atoms. The van der Waals surface area contributed by atoms with Crippen LogP contribution in [0.3, 0.4) is 0 Å². The van der Waals surface area contributed by atoms with Gasteiger partial charge in [-0.2, -0.15) is 0 Å². The molecule has 218 valence electrons. The predicted octanol–water partition coefficient (Wildman–Crippen LogP) is 2.42. The van der Waals surface area contributed by atoms with Gasteiger partial charge in [-0.25, -0.2) is 0 Å². The van der Waals surface area contributed by atoms with Gasteiger partial charge in [-0.05, 0) is 53.6 Å². The minimum absolute atomic E-state index is 0.0467. The summed E-state index contributed by atoms with van der Waals surface area (Å²) in [5, 5.41) is 10.6. The smallest absolute Gasteiger partial charge is 0.246 e. The van der Waals surface area contributed by atoms with Crippen molar-refractivity contribution in [1.82, 2.24) is 10.6 Å². The number of nitrogens with zero attached hydrogens (tertiary/aromatic N) is 1. The first kappa shape index (κ1) is 31.1. The minimum Gasteiger partial charge on any atom is -0.370 e. The van der Waals surface area contributed by atoms with Crippen LogP contribution in [0.15, 0.2) is 77.8 Å². The highest BCUT2D eigenvalue weighted by Crippen LogP contribution is 2.19. The number of hydrogen-bond donors (Lipinski definition) is 6. The van der Waals surface area contributed by atoms with Gasteiger partial charge in [-0.3, -0.25) is 19.4 Å². The molecule has 0 radical (unpaired) electrons. The third kappa shape index (κ3) is 10.2. The molecule has 10 heteroatoms. The van der Waals surface area contributed by atoms with Gasteiger partial charge in [-0.15, -0.1) is 0 Å². The standard InChI is InChI=1S/C31H41N7O3/c1-20(2)17-25(32)28(39)38-27(18-21-9-4-3-5-10-21)30(41)37-26(13-8-16-35-31(33)34)29(40)36-24-15-14-22-11-6-7-12-23(22)19-24/h3-7,9-12,14-15,19-20,25-27H,8,13,16-18,32H2,1-2H3,(H,36,40)(H,37,41)(H,38,39)(H4,33,34,35)/t25-,26+,27+/m1/s1. The van der Waals surface area contributed by atoms with E-state index in [0.29, 0.717) is 25.1 Å². The van der Waals surface area contributed by atoms with Crippen molar-refractivity contribution in [2.24, 2.45) is 28.1 Å². The zero-order valence-corrected chi connectivity index (χ0v) is 23.7. The van der Waals surface area contributed by atoms with E-state index in [1.54, 1.807) is 0 Å². The molecule has 0 aliphatic heterocycles. The second-order valence-electron chi connectivity index (χ2n) is 10.5. The maximum atomic E-state index is 13.6. The molecule has 0 heterocycles. The molecule has 0 fully saturated rings. The molecule has 0 unspecified atom stereocenters. The quantitative estimate of drug-likeness (QED) is 0.100. The third-order valence-corrected chi connectivity index (χ3v) is 6.57. The van der Waals surface area contributed by atoms with Crippen LogP contribution in [0.4, 0.5) is 5.69 Å². The topological polar surface area (TPSA) is 178 Å². The number of aliphatic imine (C=N–C) groups is 1. The molecule has 0 spiro atoms. The number of carbonyl (C=O) groups excluding carboxylic acids is 3. The van der Waals surface area contributed by atoms with Crippen LogP contribution in [-0.2, 0) is 20.8 Å². The van der Waals surface area contributed by atoms with Crippen LogP contribution in [0.2, 0.25) is 0 Å². The van der Waals surface area contributed by atoms with E-state index in [4.69, 9.17) is 17.2 Å². The van der Waals surface area contributed by atoms with Gasteiger partial charge in [0.1, 0.15) is 12.1 Å². The number of hydrogen-bond acceptors (Lipinski definition) is 5. The van der Waals surface area contributed by atoms with Crippen molar-refractivity contribution in [1.29, 1.82) is 0 Å². The van der Waals surface area contributed by atoms with Gasteiger partial charge >= 0.3 is 0 Å². The SMILES string of the molecule is CC(C)C[C@@H](N)C(=O)N[C@@H](Cc1ccccc1)C(=O)N[C@@H](CCCN=C(N)N)C(=O)Nc1ccc2ccccc2c1. The fourth-order valence-corrected chi connectivity index (χ4v) is 4.49. The molecular weight excluding hydrogens is 518 g/mol. The number of guanidine groups is 1. The lowest BCUT2D eigenvalue weighted by molar-refractivity contribution is -0.131. The van der Waals surface area contributed by atoms with Gasteiger partial charge in [-0.1, -0.05) is 74.5 Å². The van der Waals surface area contributed by atoms with Crippen molar-refractivity contribution in [3.63, 3.8) is 0 Å². The first-order chi connectivity index (χ1) is 19.6. The summed E-state index contributed by atoms with van der Waals surface area (Å²) in [7, 11) is 0. The molecule has 9 N–H and O–H groups in total. The second kappa shape index (κ2) is 15.4. The van der Waals surface area contributed by atoms with E-state index < -0.39 is 29.9 Å². The van der Waals surface area contributed by atoms with Crippen molar-refractivity contribution in [2.45, 2.75) is 57.7 Å². The highest BCUT2D eigenvalue weighted by atomic mass is 16.2. The summed E-state index contributed by atoms with van der Waals surface area (Å²) < 4.78 is 0. The zero-order valence-electron chi connectivity index (χ0n) is 23.7. The van der Waals surface area contributed by atoms with Gasteiger partial charge in [0.25, 0.3) is 0 Å². The Bertz CT molecular complexity index is 1340. The lowest BCUT2D eigenvalue weighted by Gasteiger charge is -2.25. The molecular formula is C31H41N7O3. The average Bonchev–Trinajstić information content (AvgIpc) is 2.94. The van der Waals surface area contributed by atoms with E-state index in [-0.39, 0.29) is 30.6 Å². The van der Waals surface area contributed by atoms with Crippen molar-refractivity contribution >= 4 is 40.1 Å². The van der Waals surface area contributed by atoms with E-state index in [1.165, 1.54) is 0 Å². The number of benzene rings is 3. The van der Waals surface area contributed by atoms with Gasteiger partial charge in [0.15, 0.2) is 5.96 Å². The normalized spacial score (nSPS) is 13.2. The van der Waals surface area contributed by atoms with Crippen LogP contribution in [0.1, 0.15) is 38.7 Å². The highest BCUT2D eigenvalue weighted by molar-refractivity contribution is 6.00. The number of nitrogens with one attached hydrogen (secondary N) is 3. The first-order valence-corrected chi connectivity index (χ1v) is 13.9. The summed E-state index contributed by atoms with van der Waals surface area (Å²) in [5.41, 5.74) is 18.4. The summed E-state index contributed by atoms with van der Waals surface area (Å²) in [6.07, 6.45) is 1.44. The largest absolute Gasteiger partial charge is 0.370 e. The number of amides is 3. The van der Waals surface area contributed by atoms with Gasteiger partial charge in [0, 0.05) is 18.7 Å². The van der Waals surface area contributed by atoms with Crippen LogP contribution in [-0.4, -0.2) is 48.4 Å². The van der Waals surface area contributed by atoms with Crippen molar-refractivity contribution < 1.29 is 14.4 Å². The van der Waals surface area contributed by atoms with Gasteiger partial charge in [0.2, 0.25) is 17.7 Å². The number of carbonyl (C=O) groups is 3. The van der Waals surface area contributed by atoms with E-state index in [0.717, 1.165) is 16.3 Å². The Kier molecular flexibility index (Phi) is 11.7. The molecule has 0 saturated carbocycles. The lowest BCUT2D eigenvalue weighted by Crippen LogP contribution is -2.56. The molecule has 3 aromatic carbocycles. The van der Waals surface area contributed by atoms with Crippen molar-refractivity contribution in [3.05, 3.63) is 78.4 Å². The second-order valence-corrected chi connectivity index (χ2v) is 10.5. The Balaban J connectivity index is 1.79. The monoisotopic (exact) mass is 559 g/mol. The zero-order chi connectivity index (χ0) is 29.8. The van der Waals surface area contributed by atoms with Crippen molar-refractivity contribution in [2.75, 3.05) is 11.9 Å². The fraction of sp³-hybridized carbons (Fsp3) is 0.355. The molecule has 0 aromatic heterocycles. The molecule has 3 aromatic rings. The lowest BCUT2D eigenvalue weighted by atomic mass is 10.0. The molecule has 0 aliphatic rings. The average molecular weight is 560 g/mol. The highest BCUT2D eigenvalue weighted by Gasteiger charge is 2.28. The maximum absolute atomic E-state index is 13.6. The summed E-state index contributed by atoms with van der Waals surface area (Å²) >= 11 is 0. The molecule has 10 nitrogen and oxygen atoms in total. The van der Waals surface area contributed by atoms with Crippen LogP contribution in [0.5, 0.6) is 0 Å². The Labute approximate surface area is 241 Å². The Hall–Kier alpha value is -4.44. The molecule has 0 saturated heterocycles. The molecule has 41 heavy (non-hydrogen) atoms. The van der Waals surface area contributed by atoms with E-state index in [1.807, 2.05) is 86.6 Å². The van der Waals surface area contributed by atoms with Gasteiger partial charge in [0.05, 0.1) is 6.04 Å². The first-order valence-electron chi connectivity index (χ1n) is 13.9. The number of nitrogens with two attached hydrogens (primary N) is 3. The number of rotatable bonds is 14. The predicted molar refractivity (Wildman–Crippen MR) is 164 cm³/mol. The Morgan fingerprint density at radius 1 is 0.805 bits per heavy atom. The summed E-state index contributed by atoms with van der Waals surface area (Å²) in [6.45, 7) is 4.25. The third-order valence-electron chi connectivity index (χ3n) is 6.57. The molecule has 3 amide bonds. The minimum atomic E-state index is -0.934. The van der Waals surface area contributed by atoms with E-state index in [9.17, 15) is 14.4 Å². The molecule has 3 atom stereocenters. The van der Waals surface area contributed by atoms with E-state index >= 15 is 0 Å². The molecule has 3 rings (SSSR count). The molecule has 0 aliphatic carbocycles. The summed E-state index contributed by atoms with van der Waals surface area (Å²) in [6, 6.07) is 20.2. The van der Waals surface area contributed by atoms with E-state index in [2.05, 4.69) is 20.9 Å². The number of anilines is 1. The van der Waals surface area contributed by atoms with Crippen LogP contribution in [0, 0.1) is 5.92 Å².